The number of amides is 1. The van der Waals surface area contributed by atoms with E-state index >= 15 is 0 Å². The van der Waals surface area contributed by atoms with Gasteiger partial charge in [-0.05, 0) is 0 Å². The maximum Gasteiger partial charge on any atom is 0.397 e. The van der Waals surface area contributed by atoms with Crippen LogP contribution in [0.2, 0.25) is 0 Å². The zero-order valence-electron chi connectivity index (χ0n) is 5.95. The Morgan fingerprint density at radius 3 is 2.91 bits per heavy atom. The average Bonchev–Trinajstić information content (AvgIpc) is 1.99. The van der Waals surface area contributed by atoms with Gasteiger partial charge in [-0.1, -0.05) is 0 Å². The van der Waals surface area contributed by atoms with Gasteiger partial charge in [-0.3, -0.25) is 4.79 Å². The van der Waals surface area contributed by atoms with Gasteiger partial charge in [0.1, 0.15) is 6.61 Å². The Labute approximate surface area is 63.5 Å². The highest BCUT2D eigenvalue weighted by Gasteiger charge is 2.27. The number of cyclic esters (lactones) is 1. The number of β-amino-alcohol motifs (C(OH)–C–C–N with tert-alkyl or cyclic N) is 1. The molecule has 1 N–H and O–H groups in total. The van der Waals surface area contributed by atoms with Gasteiger partial charge in [-0.2, -0.15) is 0 Å². The van der Waals surface area contributed by atoms with Crippen molar-refractivity contribution in [1.29, 1.82) is 0 Å². The molecule has 0 atom stereocenters. The maximum atomic E-state index is 10.9. The first kappa shape index (κ1) is 8.00. The van der Waals surface area contributed by atoms with E-state index in [1.54, 1.807) is 0 Å². The normalized spacial score (nSPS) is 18.5. The van der Waals surface area contributed by atoms with Crippen LogP contribution in [0.3, 0.4) is 0 Å². The van der Waals surface area contributed by atoms with Crippen molar-refractivity contribution in [3.8, 4) is 0 Å². The maximum absolute atomic E-state index is 10.9. The molecule has 0 aromatic heterocycles. The van der Waals surface area contributed by atoms with Gasteiger partial charge in [0.15, 0.2) is 0 Å². The van der Waals surface area contributed by atoms with Crippen molar-refractivity contribution < 1.29 is 19.4 Å². The molecule has 1 fully saturated rings. The van der Waals surface area contributed by atoms with Crippen LogP contribution >= 0.6 is 0 Å². The number of rotatable bonds is 2. The predicted octanol–water partition coefficient (Wildman–Crippen LogP) is -1.64. The molecule has 1 rings (SSSR count). The van der Waals surface area contributed by atoms with Gasteiger partial charge in [0.2, 0.25) is 0 Å². The summed E-state index contributed by atoms with van der Waals surface area (Å²) in [5.74, 6) is -1.49. The fourth-order valence-electron chi connectivity index (χ4n) is 0.875. The van der Waals surface area contributed by atoms with Crippen molar-refractivity contribution in [2.24, 2.45) is 0 Å². The van der Waals surface area contributed by atoms with E-state index in [1.807, 2.05) is 0 Å². The van der Waals surface area contributed by atoms with Crippen LogP contribution in [-0.4, -0.2) is 48.2 Å². The molecule has 5 heteroatoms. The highest BCUT2D eigenvalue weighted by atomic mass is 16.5. The van der Waals surface area contributed by atoms with E-state index in [0.29, 0.717) is 6.54 Å². The molecular weight excluding hydrogens is 150 g/mol. The summed E-state index contributed by atoms with van der Waals surface area (Å²) in [6.07, 6.45) is 0. The Morgan fingerprint density at radius 2 is 2.27 bits per heavy atom. The molecular formula is C6H9NO4. The third-order valence-corrected chi connectivity index (χ3v) is 1.43. The quantitative estimate of drug-likeness (QED) is 0.388. The Morgan fingerprint density at radius 1 is 1.55 bits per heavy atom. The fraction of sp³-hybridized carbons (Fsp3) is 0.667. The highest BCUT2D eigenvalue weighted by Crippen LogP contribution is 1.98. The van der Waals surface area contributed by atoms with E-state index in [1.165, 1.54) is 4.90 Å². The molecule has 11 heavy (non-hydrogen) atoms. The van der Waals surface area contributed by atoms with Crippen molar-refractivity contribution in [2.45, 2.75) is 0 Å². The lowest BCUT2D eigenvalue weighted by atomic mass is 10.4. The number of esters is 1. The summed E-state index contributed by atoms with van der Waals surface area (Å²) >= 11 is 0. The second kappa shape index (κ2) is 3.34. The first-order valence-electron chi connectivity index (χ1n) is 3.32. The van der Waals surface area contributed by atoms with E-state index in [2.05, 4.69) is 4.74 Å². The molecule has 0 aromatic carbocycles. The molecule has 0 aromatic rings. The molecule has 1 heterocycles. The summed E-state index contributed by atoms with van der Waals surface area (Å²) in [5.41, 5.74) is 0. The fourth-order valence-corrected chi connectivity index (χ4v) is 0.875. The molecule has 0 radical (unpaired) electrons. The lowest BCUT2D eigenvalue weighted by Crippen LogP contribution is -2.46. The number of hydrogen-bond acceptors (Lipinski definition) is 4. The summed E-state index contributed by atoms with van der Waals surface area (Å²) in [4.78, 5) is 22.7. The molecule has 1 amide bonds. The standard InChI is InChI=1S/C6H9NO4/c8-3-1-7-2-4-11-6(10)5(7)9/h8H,1-4H2. The largest absolute Gasteiger partial charge is 0.457 e. The van der Waals surface area contributed by atoms with Gasteiger partial charge < -0.3 is 14.7 Å². The van der Waals surface area contributed by atoms with Gasteiger partial charge in [-0.25, -0.2) is 4.79 Å². The summed E-state index contributed by atoms with van der Waals surface area (Å²) in [6.45, 7) is 0.683. The first-order valence-corrected chi connectivity index (χ1v) is 3.32. The predicted molar refractivity (Wildman–Crippen MR) is 34.6 cm³/mol. The van der Waals surface area contributed by atoms with Crippen LogP contribution in [0.5, 0.6) is 0 Å². The minimum atomic E-state index is -0.829. The smallest absolute Gasteiger partial charge is 0.397 e. The second-order valence-electron chi connectivity index (χ2n) is 2.15. The first-order chi connectivity index (χ1) is 5.25. The molecule has 1 aliphatic rings. The third-order valence-electron chi connectivity index (χ3n) is 1.43. The van der Waals surface area contributed by atoms with Crippen LogP contribution in [0.25, 0.3) is 0 Å². The zero-order chi connectivity index (χ0) is 8.27. The van der Waals surface area contributed by atoms with Crippen LogP contribution in [0.4, 0.5) is 0 Å². The van der Waals surface area contributed by atoms with Crippen LogP contribution in [0, 0.1) is 0 Å². The molecule has 62 valence electrons. The van der Waals surface area contributed by atoms with E-state index in [4.69, 9.17) is 5.11 Å². The van der Waals surface area contributed by atoms with Gasteiger partial charge in [0.05, 0.1) is 13.2 Å². The Balaban J connectivity index is 2.51. The molecule has 5 nitrogen and oxygen atoms in total. The van der Waals surface area contributed by atoms with Crippen molar-refractivity contribution in [3.05, 3.63) is 0 Å². The van der Waals surface area contributed by atoms with Gasteiger partial charge in [0, 0.05) is 6.54 Å². The lowest BCUT2D eigenvalue weighted by molar-refractivity contribution is -0.166. The van der Waals surface area contributed by atoms with Crippen LogP contribution < -0.4 is 0 Å². The minimum absolute atomic E-state index is 0.126. The van der Waals surface area contributed by atoms with E-state index in [0.717, 1.165) is 0 Å². The molecule has 0 saturated carbocycles. The van der Waals surface area contributed by atoms with E-state index < -0.39 is 11.9 Å². The number of hydrogen-bond donors (Lipinski definition) is 1. The summed E-state index contributed by atoms with van der Waals surface area (Å²) in [6, 6.07) is 0. The van der Waals surface area contributed by atoms with Gasteiger partial charge in [0.25, 0.3) is 0 Å². The molecule has 0 spiro atoms. The number of aliphatic hydroxyl groups excluding tert-OH is 1. The van der Waals surface area contributed by atoms with Crippen LogP contribution in [-0.2, 0) is 14.3 Å². The molecule has 0 aliphatic carbocycles. The Bertz CT molecular complexity index is 177. The minimum Gasteiger partial charge on any atom is -0.457 e. The molecule has 0 unspecified atom stereocenters. The topological polar surface area (TPSA) is 66.8 Å². The monoisotopic (exact) mass is 159 g/mol. The van der Waals surface area contributed by atoms with Crippen LogP contribution in [0.15, 0.2) is 0 Å². The van der Waals surface area contributed by atoms with Gasteiger partial charge >= 0.3 is 11.9 Å². The summed E-state index contributed by atoms with van der Waals surface area (Å²) in [5, 5.41) is 8.48. The summed E-state index contributed by atoms with van der Waals surface area (Å²) in [7, 11) is 0. The van der Waals surface area contributed by atoms with E-state index in [9.17, 15) is 9.59 Å². The number of carbonyl (C=O) groups is 2. The highest BCUT2D eigenvalue weighted by molar-refractivity contribution is 6.32. The Kier molecular flexibility index (Phi) is 2.43. The van der Waals surface area contributed by atoms with Crippen LogP contribution in [0.1, 0.15) is 0 Å². The molecule has 1 saturated heterocycles. The molecule has 0 bridgehead atoms. The molecule has 1 aliphatic heterocycles. The number of aliphatic hydroxyl groups is 1. The van der Waals surface area contributed by atoms with Crippen molar-refractivity contribution in [3.63, 3.8) is 0 Å². The Hall–Kier alpha value is -1.10. The number of ether oxygens (including phenoxy) is 1. The number of carbonyl (C=O) groups excluding carboxylic acids is 2. The van der Waals surface area contributed by atoms with Crippen molar-refractivity contribution >= 4 is 11.9 Å². The average molecular weight is 159 g/mol. The van der Waals surface area contributed by atoms with Crippen molar-refractivity contribution in [1.82, 2.24) is 4.90 Å². The second-order valence-corrected chi connectivity index (χ2v) is 2.15. The SMILES string of the molecule is O=C1OCCN(CCO)C1=O. The van der Waals surface area contributed by atoms with E-state index in [-0.39, 0.29) is 19.8 Å². The number of nitrogens with zero attached hydrogens (tertiary/aromatic N) is 1. The third kappa shape index (κ3) is 1.68. The lowest BCUT2D eigenvalue weighted by Gasteiger charge is -2.24. The zero-order valence-corrected chi connectivity index (χ0v) is 5.95. The van der Waals surface area contributed by atoms with Crippen molar-refractivity contribution in [2.75, 3.05) is 26.3 Å². The van der Waals surface area contributed by atoms with Gasteiger partial charge in [-0.15, -0.1) is 0 Å². The number of morpholine rings is 1. The summed E-state index contributed by atoms with van der Waals surface area (Å²) < 4.78 is 4.45.